The molecule has 0 unspecified atom stereocenters. The zero-order valence-corrected chi connectivity index (χ0v) is 26.3. The normalized spacial score (nSPS) is 18.8. The number of likely N-dealkylation sites (tertiary alicyclic amines) is 2. The summed E-state index contributed by atoms with van der Waals surface area (Å²) in [6.45, 7) is 6.38. The highest BCUT2D eigenvalue weighted by Crippen LogP contribution is 2.39. The third-order valence-electron chi connectivity index (χ3n) is 8.67. The van der Waals surface area contributed by atoms with Gasteiger partial charge >= 0.3 is 0 Å². The van der Waals surface area contributed by atoms with Gasteiger partial charge < -0.3 is 20.3 Å². The van der Waals surface area contributed by atoms with E-state index < -0.39 is 0 Å². The molecule has 2 atom stereocenters. The number of hydrogen-bond donors (Lipinski definition) is 3. The SMILES string of the molecule is COc1cc(-c2nccc(-c3cccc(NC(=O)c4ccc(CN5CC[C@H](O)C5)cn4)c3C)c2Cl)ccc1CN1CC[C@@H](O)C1. The second kappa shape index (κ2) is 13.6. The molecule has 2 aromatic heterocycles. The maximum atomic E-state index is 13.2. The Kier molecular flexibility index (Phi) is 9.44. The van der Waals surface area contributed by atoms with Crippen LogP contribution in [-0.2, 0) is 13.1 Å². The fourth-order valence-electron chi connectivity index (χ4n) is 6.19. The van der Waals surface area contributed by atoms with Crippen molar-refractivity contribution in [2.75, 3.05) is 38.6 Å². The number of benzene rings is 2. The number of halogens is 1. The first-order valence-electron chi connectivity index (χ1n) is 15.3. The highest BCUT2D eigenvalue weighted by atomic mass is 35.5. The van der Waals surface area contributed by atoms with Crippen LogP contribution < -0.4 is 10.1 Å². The quantitative estimate of drug-likeness (QED) is 0.233. The molecule has 4 aromatic rings. The van der Waals surface area contributed by atoms with Crippen LogP contribution >= 0.6 is 11.6 Å². The lowest BCUT2D eigenvalue weighted by Gasteiger charge is -2.18. The number of rotatable bonds is 9. The standard InChI is InChI=1S/C35H38ClN5O4/c1-22-28(4-3-5-30(22)39-35(44)31-9-6-23(17-38-31)18-40-14-11-26(42)20-40)29-10-13-37-34(33(29)36)24-7-8-25(32(16-24)45-2)19-41-15-12-27(43)21-41/h3-10,13,16-17,26-27,42-43H,11-12,14-15,18-21H2,1-2H3,(H,39,44)/t26-,27+/m0/s1. The number of hydrogen-bond acceptors (Lipinski definition) is 8. The minimum absolute atomic E-state index is 0.271. The number of carbonyl (C=O) groups excluding carboxylic acids is 1. The molecule has 0 spiro atoms. The Morgan fingerprint density at radius 3 is 2.40 bits per heavy atom. The Balaban J connectivity index is 1.20. The zero-order valence-electron chi connectivity index (χ0n) is 25.5. The van der Waals surface area contributed by atoms with Gasteiger partial charge in [0.2, 0.25) is 0 Å². The molecule has 0 radical (unpaired) electrons. The summed E-state index contributed by atoms with van der Waals surface area (Å²) >= 11 is 7.02. The van der Waals surface area contributed by atoms with Crippen molar-refractivity contribution in [1.82, 2.24) is 19.8 Å². The van der Waals surface area contributed by atoms with E-state index in [1.54, 1.807) is 25.6 Å². The minimum Gasteiger partial charge on any atom is -0.496 e. The summed E-state index contributed by atoms with van der Waals surface area (Å²) in [7, 11) is 1.65. The Hall–Kier alpha value is -3.86. The van der Waals surface area contributed by atoms with Crippen LogP contribution in [-0.4, -0.2) is 81.4 Å². The van der Waals surface area contributed by atoms with E-state index in [0.29, 0.717) is 48.3 Å². The van der Waals surface area contributed by atoms with Crippen molar-refractivity contribution < 1.29 is 19.7 Å². The molecule has 2 aromatic carbocycles. The predicted octanol–water partition coefficient (Wildman–Crippen LogP) is 5.17. The van der Waals surface area contributed by atoms with Gasteiger partial charge in [0.25, 0.3) is 5.91 Å². The van der Waals surface area contributed by atoms with E-state index >= 15 is 0 Å². The molecular weight excluding hydrogens is 590 g/mol. The van der Waals surface area contributed by atoms with Crippen molar-refractivity contribution >= 4 is 23.2 Å². The number of aromatic nitrogens is 2. The lowest BCUT2D eigenvalue weighted by molar-refractivity contribution is 0.102. The van der Waals surface area contributed by atoms with Gasteiger partial charge in [-0.3, -0.25) is 24.6 Å². The van der Waals surface area contributed by atoms with E-state index in [1.807, 2.05) is 55.5 Å². The summed E-state index contributed by atoms with van der Waals surface area (Å²) < 4.78 is 5.73. The van der Waals surface area contributed by atoms with Gasteiger partial charge in [-0.15, -0.1) is 0 Å². The summed E-state index contributed by atoms with van der Waals surface area (Å²) in [6.07, 6.45) is 4.48. The number of methoxy groups -OCH3 is 1. The van der Waals surface area contributed by atoms with E-state index in [0.717, 1.165) is 65.1 Å². The van der Waals surface area contributed by atoms with Crippen LogP contribution in [0, 0.1) is 6.92 Å². The second-order valence-electron chi connectivity index (χ2n) is 11.9. The Labute approximate surface area is 268 Å². The number of nitrogens with zero attached hydrogens (tertiary/aromatic N) is 4. The molecule has 9 nitrogen and oxygen atoms in total. The number of amides is 1. The van der Waals surface area contributed by atoms with Crippen molar-refractivity contribution in [3.05, 3.63) is 94.4 Å². The smallest absolute Gasteiger partial charge is 0.274 e. The third-order valence-corrected chi connectivity index (χ3v) is 9.06. The van der Waals surface area contributed by atoms with E-state index in [2.05, 4.69) is 25.1 Å². The summed E-state index contributed by atoms with van der Waals surface area (Å²) in [5.74, 6) is 0.449. The number of anilines is 1. The summed E-state index contributed by atoms with van der Waals surface area (Å²) in [4.78, 5) is 26.6. The monoisotopic (exact) mass is 627 g/mol. The van der Waals surface area contributed by atoms with E-state index in [1.165, 1.54) is 0 Å². The second-order valence-corrected chi connectivity index (χ2v) is 12.3. The van der Waals surface area contributed by atoms with Crippen LogP contribution in [0.25, 0.3) is 22.4 Å². The molecule has 0 aliphatic carbocycles. The molecule has 0 bridgehead atoms. The average molecular weight is 628 g/mol. The van der Waals surface area contributed by atoms with Crippen LogP contribution in [0.15, 0.2) is 67.0 Å². The fraction of sp³-hybridized carbons (Fsp3) is 0.343. The minimum atomic E-state index is -0.296. The first-order valence-corrected chi connectivity index (χ1v) is 15.7. The van der Waals surface area contributed by atoms with Gasteiger partial charge in [-0.2, -0.15) is 0 Å². The molecule has 0 saturated carbocycles. The number of pyridine rings is 2. The maximum Gasteiger partial charge on any atom is 0.274 e. The molecule has 6 rings (SSSR count). The third kappa shape index (κ3) is 7.03. The molecule has 2 aliphatic heterocycles. The van der Waals surface area contributed by atoms with Crippen LogP contribution in [0.2, 0.25) is 5.02 Å². The van der Waals surface area contributed by atoms with Gasteiger partial charge in [0.05, 0.1) is 30.0 Å². The van der Waals surface area contributed by atoms with Crippen molar-refractivity contribution in [2.24, 2.45) is 0 Å². The fourth-order valence-corrected chi connectivity index (χ4v) is 6.51. The number of aliphatic hydroxyl groups excluding tert-OH is 2. The highest BCUT2D eigenvalue weighted by Gasteiger charge is 2.23. The van der Waals surface area contributed by atoms with Crippen molar-refractivity contribution in [3.8, 4) is 28.1 Å². The van der Waals surface area contributed by atoms with Crippen LogP contribution in [0.1, 0.15) is 40.0 Å². The van der Waals surface area contributed by atoms with Gasteiger partial charge in [0.1, 0.15) is 11.4 Å². The topological polar surface area (TPSA) is 111 Å². The molecular formula is C35H38ClN5O4. The first-order chi connectivity index (χ1) is 21.8. The summed E-state index contributed by atoms with van der Waals surface area (Å²) in [6, 6.07) is 17.2. The molecule has 1 amide bonds. The number of carbonyl (C=O) groups is 1. The van der Waals surface area contributed by atoms with E-state index in [4.69, 9.17) is 16.3 Å². The Bertz CT molecular complexity index is 1680. The van der Waals surface area contributed by atoms with Crippen LogP contribution in [0.3, 0.4) is 0 Å². The maximum absolute atomic E-state index is 13.2. The van der Waals surface area contributed by atoms with Crippen LogP contribution in [0.4, 0.5) is 5.69 Å². The Morgan fingerprint density at radius 2 is 1.73 bits per heavy atom. The largest absolute Gasteiger partial charge is 0.496 e. The lowest BCUT2D eigenvalue weighted by Crippen LogP contribution is -2.21. The first kappa shape index (κ1) is 31.1. The van der Waals surface area contributed by atoms with Crippen LogP contribution in [0.5, 0.6) is 5.75 Å². The van der Waals surface area contributed by atoms with E-state index in [-0.39, 0.29) is 18.1 Å². The zero-order chi connectivity index (χ0) is 31.5. The number of aliphatic hydroxyl groups is 2. The molecule has 2 saturated heterocycles. The Morgan fingerprint density at radius 1 is 0.978 bits per heavy atom. The number of nitrogens with one attached hydrogen (secondary N) is 1. The molecule has 4 heterocycles. The van der Waals surface area contributed by atoms with Gasteiger partial charge in [0.15, 0.2) is 0 Å². The summed E-state index contributed by atoms with van der Waals surface area (Å²) in [5, 5.41) is 23.2. The summed E-state index contributed by atoms with van der Waals surface area (Å²) in [5.41, 5.74) is 7.06. The molecule has 2 aliphatic rings. The average Bonchev–Trinajstić information content (AvgIpc) is 3.65. The molecule has 3 N–H and O–H groups in total. The predicted molar refractivity (Wildman–Crippen MR) is 175 cm³/mol. The van der Waals surface area contributed by atoms with Gasteiger partial charge in [-0.05, 0) is 60.7 Å². The number of β-amino-alcohol motifs (C(OH)–C–C–N with tert-alkyl or cyclic N) is 2. The van der Waals surface area contributed by atoms with E-state index in [9.17, 15) is 15.0 Å². The molecule has 2 fully saturated rings. The van der Waals surface area contributed by atoms with Gasteiger partial charge in [-0.1, -0.05) is 41.9 Å². The number of ether oxygens (including phenoxy) is 1. The van der Waals surface area contributed by atoms with Crippen molar-refractivity contribution in [1.29, 1.82) is 0 Å². The molecule has 234 valence electrons. The van der Waals surface area contributed by atoms with Crippen molar-refractivity contribution in [3.63, 3.8) is 0 Å². The van der Waals surface area contributed by atoms with Crippen molar-refractivity contribution in [2.45, 2.75) is 45.1 Å². The molecule has 45 heavy (non-hydrogen) atoms. The highest BCUT2D eigenvalue weighted by molar-refractivity contribution is 6.35. The molecule has 10 heteroatoms. The van der Waals surface area contributed by atoms with Gasteiger partial charge in [0, 0.05) is 74.0 Å². The van der Waals surface area contributed by atoms with Gasteiger partial charge in [-0.25, -0.2) is 0 Å². The lowest BCUT2D eigenvalue weighted by atomic mass is 9.97.